The molecular formula is C9H10ClNO4. The predicted octanol–water partition coefficient (Wildman–Crippen LogP) is 2.01. The third-order valence-electron chi connectivity index (χ3n) is 1.69. The monoisotopic (exact) mass is 231 g/mol. The number of ether oxygens (including phenoxy) is 1. The van der Waals surface area contributed by atoms with E-state index in [-0.39, 0.29) is 17.3 Å². The van der Waals surface area contributed by atoms with Gasteiger partial charge in [-0.2, -0.15) is 0 Å². The highest BCUT2D eigenvalue weighted by Gasteiger charge is 2.09. The van der Waals surface area contributed by atoms with Gasteiger partial charge in [0.2, 0.25) is 0 Å². The van der Waals surface area contributed by atoms with E-state index in [0.29, 0.717) is 18.8 Å². The molecule has 0 fully saturated rings. The smallest absolute Gasteiger partial charge is 0.271 e. The molecule has 0 radical (unpaired) electrons. The van der Waals surface area contributed by atoms with E-state index in [0.717, 1.165) is 0 Å². The molecule has 1 aromatic rings. The minimum absolute atomic E-state index is 0.0323. The number of nitro benzene ring substituents is 1. The van der Waals surface area contributed by atoms with E-state index in [4.69, 9.17) is 21.4 Å². The lowest BCUT2D eigenvalue weighted by atomic mass is 10.3. The van der Waals surface area contributed by atoms with Gasteiger partial charge in [-0.1, -0.05) is 11.6 Å². The van der Waals surface area contributed by atoms with Gasteiger partial charge in [-0.3, -0.25) is 10.1 Å². The normalized spacial score (nSPS) is 10.0. The Morgan fingerprint density at radius 3 is 2.80 bits per heavy atom. The standard InChI is InChI=1S/C9H10ClNO4/c10-8-6-7(11(13)14)2-3-9(8)15-5-1-4-12/h2-3,6,12H,1,4-5H2. The van der Waals surface area contributed by atoms with Crippen LogP contribution in [0.15, 0.2) is 18.2 Å². The van der Waals surface area contributed by atoms with Crippen molar-refractivity contribution in [3.8, 4) is 5.75 Å². The number of non-ortho nitro benzene ring substituents is 1. The molecule has 1 N–H and O–H groups in total. The molecule has 0 aliphatic carbocycles. The summed E-state index contributed by atoms with van der Waals surface area (Å²) >= 11 is 5.76. The molecule has 0 heterocycles. The third kappa shape index (κ3) is 3.38. The van der Waals surface area contributed by atoms with Crippen LogP contribution in [-0.2, 0) is 0 Å². The maximum Gasteiger partial charge on any atom is 0.271 e. The van der Waals surface area contributed by atoms with Crippen molar-refractivity contribution >= 4 is 17.3 Å². The Morgan fingerprint density at radius 1 is 1.53 bits per heavy atom. The van der Waals surface area contributed by atoms with Crippen LogP contribution < -0.4 is 4.74 Å². The zero-order chi connectivity index (χ0) is 11.3. The Kier molecular flexibility index (Phi) is 4.33. The number of nitro groups is 1. The van der Waals surface area contributed by atoms with Crippen LogP contribution >= 0.6 is 11.6 Å². The molecule has 82 valence electrons. The first kappa shape index (κ1) is 11.7. The number of nitrogens with zero attached hydrogens (tertiary/aromatic N) is 1. The van der Waals surface area contributed by atoms with Crippen LogP contribution in [0.25, 0.3) is 0 Å². The molecule has 0 saturated heterocycles. The van der Waals surface area contributed by atoms with E-state index < -0.39 is 4.92 Å². The number of rotatable bonds is 5. The first-order valence-corrected chi connectivity index (χ1v) is 4.70. The van der Waals surface area contributed by atoms with Gasteiger partial charge in [0, 0.05) is 25.2 Å². The highest BCUT2D eigenvalue weighted by Crippen LogP contribution is 2.28. The van der Waals surface area contributed by atoms with Gasteiger partial charge in [-0.25, -0.2) is 0 Å². The average molecular weight is 232 g/mol. The van der Waals surface area contributed by atoms with Gasteiger partial charge >= 0.3 is 0 Å². The second-order valence-corrected chi connectivity index (χ2v) is 3.20. The largest absolute Gasteiger partial charge is 0.492 e. The molecule has 0 saturated carbocycles. The van der Waals surface area contributed by atoms with Crippen molar-refractivity contribution in [3.63, 3.8) is 0 Å². The fourth-order valence-electron chi connectivity index (χ4n) is 0.967. The van der Waals surface area contributed by atoms with Crippen molar-refractivity contribution in [2.24, 2.45) is 0 Å². The molecule has 0 unspecified atom stereocenters. The van der Waals surface area contributed by atoms with Crippen molar-refractivity contribution in [2.75, 3.05) is 13.2 Å². The Balaban J connectivity index is 2.70. The van der Waals surface area contributed by atoms with E-state index in [9.17, 15) is 10.1 Å². The van der Waals surface area contributed by atoms with Crippen molar-refractivity contribution < 1.29 is 14.8 Å². The van der Waals surface area contributed by atoms with E-state index in [1.807, 2.05) is 0 Å². The number of hydrogen-bond acceptors (Lipinski definition) is 4. The molecular weight excluding hydrogens is 222 g/mol. The lowest BCUT2D eigenvalue weighted by Gasteiger charge is -2.06. The number of aliphatic hydroxyl groups excluding tert-OH is 1. The fraction of sp³-hybridized carbons (Fsp3) is 0.333. The van der Waals surface area contributed by atoms with Gasteiger partial charge in [-0.15, -0.1) is 0 Å². The molecule has 5 nitrogen and oxygen atoms in total. The highest BCUT2D eigenvalue weighted by molar-refractivity contribution is 6.32. The summed E-state index contributed by atoms with van der Waals surface area (Å²) in [4.78, 5) is 9.87. The van der Waals surface area contributed by atoms with Gasteiger partial charge in [0.1, 0.15) is 5.75 Å². The second kappa shape index (κ2) is 5.53. The first-order valence-electron chi connectivity index (χ1n) is 4.32. The summed E-state index contributed by atoms with van der Waals surface area (Å²) in [5.41, 5.74) is -0.0745. The third-order valence-corrected chi connectivity index (χ3v) is 1.98. The van der Waals surface area contributed by atoms with Gasteiger partial charge < -0.3 is 9.84 Å². The Bertz CT molecular complexity index is 356. The first-order chi connectivity index (χ1) is 7.15. The van der Waals surface area contributed by atoms with Gasteiger partial charge in [-0.05, 0) is 6.07 Å². The van der Waals surface area contributed by atoms with Crippen molar-refractivity contribution in [3.05, 3.63) is 33.3 Å². The van der Waals surface area contributed by atoms with E-state index >= 15 is 0 Å². The van der Waals surface area contributed by atoms with Gasteiger partial charge in [0.05, 0.1) is 16.6 Å². The zero-order valence-corrected chi connectivity index (χ0v) is 8.61. The molecule has 1 rings (SSSR count). The van der Waals surface area contributed by atoms with Crippen LogP contribution in [-0.4, -0.2) is 23.2 Å². The van der Waals surface area contributed by atoms with E-state index in [1.54, 1.807) is 0 Å². The number of benzene rings is 1. The van der Waals surface area contributed by atoms with Crippen LogP contribution in [0.5, 0.6) is 5.75 Å². The van der Waals surface area contributed by atoms with Crippen LogP contribution in [0.4, 0.5) is 5.69 Å². The van der Waals surface area contributed by atoms with Gasteiger partial charge in [0.25, 0.3) is 5.69 Å². The zero-order valence-electron chi connectivity index (χ0n) is 7.85. The lowest BCUT2D eigenvalue weighted by Crippen LogP contribution is -2.00. The molecule has 0 aromatic heterocycles. The fourth-order valence-corrected chi connectivity index (χ4v) is 1.20. The topological polar surface area (TPSA) is 72.6 Å². The van der Waals surface area contributed by atoms with Crippen LogP contribution in [0.1, 0.15) is 6.42 Å². The van der Waals surface area contributed by atoms with Crippen LogP contribution in [0, 0.1) is 10.1 Å². The van der Waals surface area contributed by atoms with Crippen LogP contribution in [0.3, 0.4) is 0 Å². The average Bonchev–Trinajstić information content (AvgIpc) is 2.20. The molecule has 0 atom stereocenters. The predicted molar refractivity (Wildman–Crippen MR) is 55.3 cm³/mol. The SMILES string of the molecule is O=[N+]([O-])c1ccc(OCCCO)c(Cl)c1. The highest BCUT2D eigenvalue weighted by atomic mass is 35.5. The maximum atomic E-state index is 10.4. The number of halogens is 1. The summed E-state index contributed by atoms with van der Waals surface area (Å²) < 4.78 is 5.20. The van der Waals surface area contributed by atoms with Gasteiger partial charge in [0.15, 0.2) is 0 Å². The second-order valence-electron chi connectivity index (χ2n) is 2.80. The summed E-state index contributed by atoms with van der Waals surface area (Å²) in [5, 5.41) is 19.1. The lowest BCUT2D eigenvalue weighted by molar-refractivity contribution is -0.384. The Morgan fingerprint density at radius 2 is 2.27 bits per heavy atom. The summed E-state index contributed by atoms with van der Waals surface area (Å²) in [7, 11) is 0. The summed E-state index contributed by atoms with van der Waals surface area (Å²) in [5.74, 6) is 0.385. The van der Waals surface area contributed by atoms with E-state index in [2.05, 4.69) is 0 Å². The molecule has 0 aliphatic rings. The number of aliphatic hydroxyl groups is 1. The molecule has 0 spiro atoms. The maximum absolute atomic E-state index is 10.4. The molecule has 0 amide bonds. The molecule has 6 heteroatoms. The summed E-state index contributed by atoms with van der Waals surface area (Å²) in [6.45, 7) is 0.360. The Labute approximate surface area is 91.4 Å². The van der Waals surface area contributed by atoms with Crippen molar-refractivity contribution in [1.82, 2.24) is 0 Å². The van der Waals surface area contributed by atoms with Crippen molar-refractivity contribution in [2.45, 2.75) is 6.42 Å². The van der Waals surface area contributed by atoms with Crippen molar-refractivity contribution in [1.29, 1.82) is 0 Å². The quantitative estimate of drug-likeness (QED) is 0.478. The summed E-state index contributed by atoms with van der Waals surface area (Å²) in [6, 6.07) is 3.99. The summed E-state index contributed by atoms with van der Waals surface area (Å²) in [6.07, 6.45) is 0.493. The van der Waals surface area contributed by atoms with Crippen LogP contribution in [0.2, 0.25) is 5.02 Å². The molecule has 0 bridgehead atoms. The van der Waals surface area contributed by atoms with E-state index in [1.165, 1.54) is 18.2 Å². The molecule has 1 aromatic carbocycles. The minimum atomic E-state index is -0.524. The minimum Gasteiger partial charge on any atom is -0.492 e. The number of hydrogen-bond donors (Lipinski definition) is 1. The molecule has 15 heavy (non-hydrogen) atoms. The molecule has 0 aliphatic heterocycles. The Hall–Kier alpha value is -1.33.